The smallest absolute Gasteiger partial charge is 0.248 e. The fourth-order valence-electron chi connectivity index (χ4n) is 4.00. The fraction of sp³-hybridized carbons (Fsp3) is 0.381. The molecule has 0 unspecified atom stereocenters. The number of nitrogens with two attached hydrogens (primary N) is 1. The predicted molar refractivity (Wildman–Crippen MR) is 108 cm³/mol. The zero-order chi connectivity index (χ0) is 19.7. The van der Waals surface area contributed by atoms with Crippen molar-refractivity contribution in [3.05, 3.63) is 62.7 Å². The van der Waals surface area contributed by atoms with E-state index >= 15 is 0 Å². The number of primary amides is 1. The second-order valence-electron chi connectivity index (χ2n) is 7.64. The number of nitrogens with zero attached hydrogens (tertiary/aromatic N) is 2. The quantitative estimate of drug-likeness (QED) is 0.591. The van der Waals surface area contributed by atoms with Gasteiger partial charge in [0.15, 0.2) is 5.43 Å². The number of aromatic amines is 2. The van der Waals surface area contributed by atoms with Gasteiger partial charge in [-0.25, -0.2) is 0 Å². The number of pyridine rings is 1. The molecule has 4 rings (SSSR count). The standard InChI is InChI=1S/C21H25N5O2/c1-26(12-19-15-5-3-2-4-6-18(15)24-25-19)11-14-10-20(27)16-9-13(21(22)28)7-8-17(16)23-14/h7-10H,2-6,11-12H2,1H3,(H2,22,28)(H,23,27)(H,24,25). The van der Waals surface area contributed by atoms with E-state index in [1.807, 2.05) is 7.05 Å². The Labute approximate surface area is 162 Å². The molecule has 28 heavy (non-hydrogen) atoms. The molecule has 3 aromatic rings. The van der Waals surface area contributed by atoms with Gasteiger partial charge in [-0.05, 0) is 56.5 Å². The third kappa shape index (κ3) is 3.71. The molecule has 0 aliphatic heterocycles. The molecular weight excluding hydrogens is 354 g/mol. The summed E-state index contributed by atoms with van der Waals surface area (Å²) in [4.78, 5) is 29.3. The summed E-state index contributed by atoms with van der Waals surface area (Å²) < 4.78 is 0. The van der Waals surface area contributed by atoms with Gasteiger partial charge >= 0.3 is 0 Å². The summed E-state index contributed by atoms with van der Waals surface area (Å²) in [6.07, 6.45) is 5.88. The predicted octanol–water partition coefficient (Wildman–Crippen LogP) is 2.25. The molecule has 1 amide bonds. The zero-order valence-electron chi connectivity index (χ0n) is 16.0. The summed E-state index contributed by atoms with van der Waals surface area (Å²) in [5, 5.41) is 8.22. The number of hydrogen-bond acceptors (Lipinski definition) is 4. The number of amides is 1. The summed E-state index contributed by atoms with van der Waals surface area (Å²) in [7, 11) is 2.02. The van der Waals surface area contributed by atoms with Gasteiger partial charge in [0, 0.05) is 47.0 Å². The largest absolute Gasteiger partial charge is 0.366 e. The zero-order valence-corrected chi connectivity index (χ0v) is 16.0. The van der Waals surface area contributed by atoms with Crippen LogP contribution in [0.3, 0.4) is 0 Å². The minimum absolute atomic E-state index is 0.117. The Hall–Kier alpha value is -2.93. The van der Waals surface area contributed by atoms with Crippen LogP contribution >= 0.6 is 0 Å². The average molecular weight is 379 g/mol. The van der Waals surface area contributed by atoms with E-state index < -0.39 is 5.91 Å². The van der Waals surface area contributed by atoms with Crippen molar-refractivity contribution in [2.45, 2.75) is 45.2 Å². The van der Waals surface area contributed by atoms with E-state index in [0.717, 1.165) is 30.8 Å². The number of aryl methyl sites for hydroxylation is 1. The molecule has 0 spiro atoms. The number of nitrogens with one attached hydrogen (secondary N) is 2. The molecule has 2 aromatic heterocycles. The molecule has 0 saturated carbocycles. The van der Waals surface area contributed by atoms with Gasteiger partial charge in [0.1, 0.15) is 0 Å². The monoisotopic (exact) mass is 379 g/mol. The van der Waals surface area contributed by atoms with Crippen molar-refractivity contribution in [3.63, 3.8) is 0 Å². The van der Waals surface area contributed by atoms with Crippen LogP contribution in [0.2, 0.25) is 0 Å². The SMILES string of the molecule is CN(Cc1cc(=O)c2cc(C(N)=O)ccc2[nH]1)Cc1n[nH]c2c1CCCCC2. The first-order chi connectivity index (χ1) is 13.5. The molecule has 0 saturated heterocycles. The van der Waals surface area contributed by atoms with Crippen LogP contribution in [0.4, 0.5) is 0 Å². The highest BCUT2D eigenvalue weighted by Crippen LogP contribution is 2.22. The Morgan fingerprint density at radius 2 is 2.00 bits per heavy atom. The Morgan fingerprint density at radius 1 is 1.18 bits per heavy atom. The summed E-state index contributed by atoms with van der Waals surface area (Å²) in [6, 6.07) is 6.50. The number of benzene rings is 1. The first kappa shape index (κ1) is 18.4. The lowest BCUT2D eigenvalue weighted by atomic mass is 10.1. The van der Waals surface area contributed by atoms with Crippen molar-refractivity contribution in [3.8, 4) is 0 Å². The minimum Gasteiger partial charge on any atom is -0.366 e. The third-order valence-electron chi connectivity index (χ3n) is 5.42. The number of rotatable bonds is 5. The Morgan fingerprint density at radius 3 is 2.82 bits per heavy atom. The molecule has 0 bridgehead atoms. The number of fused-ring (bicyclic) bond motifs is 2. The van der Waals surface area contributed by atoms with Crippen LogP contribution in [0, 0.1) is 0 Å². The van der Waals surface area contributed by atoms with E-state index in [0.29, 0.717) is 23.0 Å². The number of carbonyl (C=O) groups excluding carboxylic acids is 1. The lowest BCUT2D eigenvalue weighted by Crippen LogP contribution is -2.20. The van der Waals surface area contributed by atoms with Crippen molar-refractivity contribution in [1.82, 2.24) is 20.1 Å². The third-order valence-corrected chi connectivity index (χ3v) is 5.42. The van der Waals surface area contributed by atoms with Crippen LogP contribution in [0.15, 0.2) is 29.1 Å². The molecular formula is C21H25N5O2. The first-order valence-electron chi connectivity index (χ1n) is 9.70. The van der Waals surface area contributed by atoms with Gasteiger partial charge in [0.2, 0.25) is 5.91 Å². The number of hydrogen-bond donors (Lipinski definition) is 3. The maximum absolute atomic E-state index is 12.5. The molecule has 0 atom stereocenters. The van der Waals surface area contributed by atoms with Crippen LogP contribution in [0.1, 0.15) is 52.3 Å². The second kappa shape index (κ2) is 7.59. The van der Waals surface area contributed by atoms with Crippen LogP contribution in [0.5, 0.6) is 0 Å². The highest BCUT2D eigenvalue weighted by Gasteiger charge is 2.17. The van der Waals surface area contributed by atoms with Crippen molar-refractivity contribution in [1.29, 1.82) is 0 Å². The minimum atomic E-state index is -0.539. The van der Waals surface area contributed by atoms with Crippen molar-refractivity contribution >= 4 is 16.8 Å². The average Bonchev–Trinajstić information content (AvgIpc) is 2.88. The highest BCUT2D eigenvalue weighted by atomic mass is 16.1. The molecule has 1 aliphatic carbocycles. The maximum atomic E-state index is 12.5. The van der Waals surface area contributed by atoms with Crippen molar-refractivity contribution in [2.75, 3.05) is 7.05 Å². The molecule has 7 heteroatoms. The summed E-state index contributed by atoms with van der Waals surface area (Å²) in [5.74, 6) is -0.539. The highest BCUT2D eigenvalue weighted by molar-refractivity contribution is 5.96. The summed E-state index contributed by atoms with van der Waals surface area (Å²) in [6.45, 7) is 1.33. The summed E-state index contributed by atoms with van der Waals surface area (Å²) >= 11 is 0. The molecule has 0 radical (unpaired) electrons. The van der Waals surface area contributed by atoms with E-state index in [2.05, 4.69) is 20.1 Å². The topological polar surface area (TPSA) is 108 Å². The normalized spacial score (nSPS) is 14.2. The van der Waals surface area contributed by atoms with E-state index in [1.54, 1.807) is 24.3 Å². The molecule has 7 nitrogen and oxygen atoms in total. The van der Waals surface area contributed by atoms with Gasteiger partial charge < -0.3 is 10.7 Å². The van der Waals surface area contributed by atoms with Gasteiger partial charge in [0.05, 0.1) is 5.69 Å². The van der Waals surface area contributed by atoms with Crippen LogP contribution in [0.25, 0.3) is 10.9 Å². The van der Waals surface area contributed by atoms with Gasteiger partial charge in [-0.15, -0.1) is 0 Å². The van der Waals surface area contributed by atoms with E-state index in [1.165, 1.54) is 30.5 Å². The lowest BCUT2D eigenvalue weighted by Gasteiger charge is -2.16. The Balaban J connectivity index is 1.53. The van der Waals surface area contributed by atoms with E-state index in [4.69, 9.17) is 5.73 Å². The molecule has 0 fully saturated rings. The van der Waals surface area contributed by atoms with Gasteiger partial charge in [0.25, 0.3) is 0 Å². The van der Waals surface area contributed by atoms with Gasteiger partial charge in [-0.1, -0.05) is 6.42 Å². The van der Waals surface area contributed by atoms with Gasteiger partial charge in [-0.2, -0.15) is 5.10 Å². The summed E-state index contributed by atoms with van der Waals surface area (Å²) in [5.41, 5.74) is 10.8. The number of H-pyrrole nitrogens is 2. The van der Waals surface area contributed by atoms with Gasteiger partial charge in [-0.3, -0.25) is 19.6 Å². The maximum Gasteiger partial charge on any atom is 0.248 e. The van der Waals surface area contributed by atoms with E-state index in [9.17, 15) is 9.59 Å². The molecule has 2 heterocycles. The van der Waals surface area contributed by atoms with Crippen LogP contribution in [-0.2, 0) is 25.9 Å². The molecule has 146 valence electrons. The molecule has 1 aliphatic rings. The molecule has 1 aromatic carbocycles. The lowest BCUT2D eigenvalue weighted by molar-refractivity contribution is 0.100. The number of aromatic nitrogens is 3. The van der Waals surface area contributed by atoms with E-state index in [-0.39, 0.29) is 5.43 Å². The molecule has 4 N–H and O–H groups in total. The Kier molecular flexibility index (Phi) is 5.00. The Bertz CT molecular complexity index is 1080. The second-order valence-corrected chi connectivity index (χ2v) is 7.64. The van der Waals surface area contributed by atoms with Crippen LogP contribution in [-0.4, -0.2) is 33.0 Å². The number of carbonyl (C=O) groups is 1. The van der Waals surface area contributed by atoms with Crippen molar-refractivity contribution < 1.29 is 4.79 Å². The fourth-order valence-corrected chi connectivity index (χ4v) is 4.00. The van der Waals surface area contributed by atoms with Crippen molar-refractivity contribution in [2.24, 2.45) is 5.73 Å². The van der Waals surface area contributed by atoms with Crippen LogP contribution < -0.4 is 11.2 Å². The first-order valence-corrected chi connectivity index (χ1v) is 9.70.